The fourth-order valence-corrected chi connectivity index (χ4v) is 1.96. The summed E-state index contributed by atoms with van der Waals surface area (Å²) >= 11 is 0. The number of carboxylic acid groups (broad SMARTS) is 1. The lowest BCUT2D eigenvalue weighted by Gasteiger charge is -2.21. The summed E-state index contributed by atoms with van der Waals surface area (Å²) in [5.74, 6) is 0. The maximum absolute atomic E-state index is 10.5. The minimum Gasteiger partial charge on any atom is -0.465 e. The van der Waals surface area contributed by atoms with Gasteiger partial charge in [-0.25, -0.2) is 4.79 Å². The van der Waals surface area contributed by atoms with Gasteiger partial charge in [-0.05, 0) is 41.5 Å². The van der Waals surface area contributed by atoms with E-state index in [0.717, 1.165) is 12.0 Å². The van der Waals surface area contributed by atoms with Crippen LogP contribution >= 0.6 is 0 Å². The lowest BCUT2D eigenvalue weighted by Crippen LogP contribution is -2.23. The number of nitrogens with two attached hydrogens (primary N) is 1. The first kappa shape index (κ1) is 15.5. The van der Waals surface area contributed by atoms with Crippen molar-refractivity contribution in [3.05, 3.63) is 34.9 Å². The van der Waals surface area contributed by atoms with Crippen molar-refractivity contribution >= 4 is 6.09 Å². The molecular formula is C15H24N2O2. The second kappa shape index (κ2) is 6.57. The second-order valence-corrected chi connectivity index (χ2v) is 5.81. The molecule has 0 bridgehead atoms. The third-order valence-electron chi connectivity index (χ3n) is 3.04. The van der Waals surface area contributed by atoms with Crippen LogP contribution in [-0.4, -0.2) is 24.3 Å². The number of hydrogen-bond acceptors (Lipinski definition) is 2. The van der Waals surface area contributed by atoms with E-state index < -0.39 is 6.09 Å². The summed E-state index contributed by atoms with van der Waals surface area (Å²) < 4.78 is 0. The molecule has 0 unspecified atom stereocenters. The van der Waals surface area contributed by atoms with Gasteiger partial charge in [0.05, 0.1) is 0 Å². The topological polar surface area (TPSA) is 75.3 Å². The Morgan fingerprint density at radius 3 is 2.26 bits per heavy atom. The standard InChI is InChI=1S/C15H24N2O2/c1-15(2,3)13-9-11(4-6-16)8-12(10-13)5-7-17-14(18)19/h8-10,17H,4-7,16H2,1-3H3,(H,18,19). The number of hydrogen-bond donors (Lipinski definition) is 3. The van der Waals surface area contributed by atoms with Crippen molar-refractivity contribution < 1.29 is 9.90 Å². The zero-order valence-corrected chi connectivity index (χ0v) is 12.0. The van der Waals surface area contributed by atoms with Crippen LogP contribution in [0.4, 0.5) is 4.79 Å². The van der Waals surface area contributed by atoms with Gasteiger partial charge in [0, 0.05) is 6.54 Å². The number of nitrogens with one attached hydrogen (secondary N) is 1. The maximum atomic E-state index is 10.5. The molecule has 106 valence electrons. The molecule has 0 aromatic heterocycles. The van der Waals surface area contributed by atoms with Gasteiger partial charge in [-0.1, -0.05) is 39.0 Å². The Balaban J connectivity index is 2.90. The van der Waals surface area contributed by atoms with Crippen molar-refractivity contribution in [3.63, 3.8) is 0 Å². The van der Waals surface area contributed by atoms with E-state index in [9.17, 15) is 4.79 Å². The molecule has 0 heterocycles. The molecular weight excluding hydrogens is 240 g/mol. The van der Waals surface area contributed by atoms with E-state index in [-0.39, 0.29) is 5.41 Å². The van der Waals surface area contributed by atoms with Crippen LogP contribution in [-0.2, 0) is 18.3 Å². The van der Waals surface area contributed by atoms with E-state index in [2.05, 4.69) is 44.3 Å². The van der Waals surface area contributed by atoms with Gasteiger partial charge in [-0.3, -0.25) is 0 Å². The van der Waals surface area contributed by atoms with Crippen LogP contribution < -0.4 is 11.1 Å². The first-order valence-electron chi connectivity index (χ1n) is 6.63. The third kappa shape index (κ3) is 5.30. The summed E-state index contributed by atoms with van der Waals surface area (Å²) in [6.07, 6.45) is 0.575. The summed E-state index contributed by atoms with van der Waals surface area (Å²) in [4.78, 5) is 10.5. The van der Waals surface area contributed by atoms with Crippen LogP contribution in [0.5, 0.6) is 0 Å². The molecule has 0 fully saturated rings. The van der Waals surface area contributed by atoms with Gasteiger partial charge in [0.25, 0.3) is 0 Å². The van der Waals surface area contributed by atoms with Crippen molar-refractivity contribution in [1.82, 2.24) is 5.32 Å². The van der Waals surface area contributed by atoms with Crippen LogP contribution in [0.3, 0.4) is 0 Å². The molecule has 1 aromatic carbocycles. The van der Waals surface area contributed by atoms with Crippen molar-refractivity contribution in [1.29, 1.82) is 0 Å². The molecule has 0 saturated heterocycles. The Bertz CT molecular complexity index is 436. The molecule has 4 heteroatoms. The van der Waals surface area contributed by atoms with E-state index in [4.69, 9.17) is 10.8 Å². The Kier molecular flexibility index (Phi) is 5.36. The highest BCUT2D eigenvalue weighted by Crippen LogP contribution is 2.25. The molecule has 1 aromatic rings. The van der Waals surface area contributed by atoms with Gasteiger partial charge in [0.2, 0.25) is 0 Å². The fraction of sp³-hybridized carbons (Fsp3) is 0.533. The van der Waals surface area contributed by atoms with Crippen molar-refractivity contribution in [3.8, 4) is 0 Å². The third-order valence-corrected chi connectivity index (χ3v) is 3.04. The number of benzene rings is 1. The predicted molar refractivity (Wildman–Crippen MR) is 77.6 cm³/mol. The largest absolute Gasteiger partial charge is 0.465 e. The molecule has 0 aliphatic rings. The van der Waals surface area contributed by atoms with E-state index in [1.54, 1.807) is 0 Å². The zero-order chi connectivity index (χ0) is 14.5. The van der Waals surface area contributed by atoms with Crippen LogP contribution in [0.25, 0.3) is 0 Å². The Labute approximate surface area is 115 Å². The highest BCUT2D eigenvalue weighted by molar-refractivity contribution is 5.64. The van der Waals surface area contributed by atoms with Crippen LogP contribution in [0.2, 0.25) is 0 Å². The SMILES string of the molecule is CC(C)(C)c1cc(CCN)cc(CCNC(=O)O)c1. The molecule has 4 N–H and O–H groups in total. The van der Waals surface area contributed by atoms with Crippen molar-refractivity contribution in [2.24, 2.45) is 5.73 Å². The van der Waals surface area contributed by atoms with Crippen LogP contribution in [0, 0.1) is 0 Å². The fourth-order valence-electron chi connectivity index (χ4n) is 1.96. The van der Waals surface area contributed by atoms with E-state index in [1.165, 1.54) is 11.1 Å². The quantitative estimate of drug-likeness (QED) is 0.763. The minimum absolute atomic E-state index is 0.0829. The van der Waals surface area contributed by atoms with Gasteiger partial charge in [-0.2, -0.15) is 0 Å². The summed E-state index contributed by atoms with van der Waals surface area (Å²) in [7, 11) is 0. The van der Waals surface area contributed by atoms with E-state index in [0.29, 0.717) is 19.5 Å². The number of rotatable bonds is 5. The monoisotopic (exact) mass is 264 g/mol. The van der Waals surface area contributed by atoms with Crippen molar-refractivity contribution in [2.45, 2.75) is 39.0 Å². The Morgan fingerprint density at radius 2 is 1.79 bits per heavy atom. The first-order valence-corrected chi connectivity index (χ1v) is 6.63. The van der Waals surface area contributed by atoms with Crippen molar-refractivity contribution in [2.75, 3.05) is 13.1 Å². The molecule has 19 heavy (non-hydrogen) atoms. The van der Waals surface area contributed by atoms with Crippen LogP contribution in [0.15, 0.2) is 18.2 Å². The normalized spacial score (nSPS) is 11.4. The van der Waals surface area contributed by atoms with Crippen LogP contribution in [0.1, 0.15) is 37.5 Å². The molecule has 1 amide bonds. The smallest absolute Gasteiger partial charge is 0.404 e. The van der Waals surface area contributed by atoms with Gasteiger partial charge >= 0.3 is 6.09 Å². The minimum atomic E-state index is -0.978. The van der Waals surface area contributed by atoms with Gasteiger partial charge in [0.1, 0.15) is 0 Å². The summed E-state index contributed by atoms with van der Waals surface area (Å²) in [5, 5.41) is 11.0. The molecule has 0 saturated carbocycles. The van der Waals surface area contributed by atoms with E-state index in [1.807, 2.05) is 0 Å². The molecule has 4 nitrogen and oxygen atoms in total. The molecule has 0 aliphatic carbocycles. The van der Waals surface area contributed by atoms with E-state index >= 15 is 0 Å². The number of amides is 1. The molecule has 0 spiro atoms. The highest BCUT2D eigenvalue weighted by Gasteiger charge is 2.15. The second-order valence-electron chi connectivity index (χ2n) is 5.81. The molecule has 0 atom stereocenters. The summed E-state index contributed by atoms with van der Waals surface area (Å²) in [6.45, 7) is 7.58. The predicted octanol–water partition coefficient (Wildman–Crippen LogP) is 2.30. The summed E-state index contributed by atoms with van der Waals surface area (Å²) in [6, 6.07) is 6.47. The zero-order valence-electron chi connectivity index (χ0n) is 12.0. The number of carbonyl (C=O) groups is 1. The molecule has 0 radical (unpaired) electrons. The molecule has 1 rings (SSSR count). The average Bonchev–Trinajstić information content (AvgIpc) is 2.27. The maximum Gasteiger partial charge on any atom is 0.404 e. The average molecular weight is 264 g/mol. The Hall–Kier alpha value is -1.55. The lowest BCUT2D eigenvalue weighted by molar-refractivity contribution is 0.194. The summed E-state index contributed by atoms with van der Waals surface area (Å²) in [5.41, 5.74) is 9.35. The first-order chi connectivity index (χ1) is 8.82. The lowest BCUT2D eigenvalue weighted by atomic mass is 9.84. The Morgan fingerprint density at radius 1 is 1.21 bits per heavy atom. The van der Waals surface area contributed by atoms with Gasteiger partial charge < -0.3 is 16.2 Å². The van der Waals surface area contributed by atoms with Gasteiger partial charge in [-0.15, -0.1) is 0 Å². The highest BCUT2D eigenvalue weighted by atomic mass is 16.4. The molecule has 0 aliphatic heterocycles. The van der Waals surface area contributed by atoms with Gasteiger partial charge in [0.15, 0.2) is 0 Å².